The van der Waals surface area contributed by atoms with Gasteiger partial charge in [-0.3, -0.25) is 15.0 Å². The third-order valence-corrected chi connectivity index (χ3v) is 5.76. The number of amides is 2. The number of likely N-dealkylation sites (tertiary alicyclic amines) is 1. The van der Waals surface area contributed by atoms with Gasteiger partial charge in [-0.2, -0.15) is 0 Å². The van der Waals surface area contributed by atoms with Crippen LogP contribution in [0.2, 0.25) is 0 Å². The largest absolute Gasteiger partial charge is 0.465 e. The number of para-hydroxylation sites is 2. The summed E-state index contributed by atoms with van der Waals surface area (Å²) in [5, 5.41) is 24.2. The number of carbonyl (C=O) groups excluding carboxylic acids is 1. The van der Waals surface area contributed by atoms with Crippen molar-refractivity contribution in [2.24, 2.45) is 0 Å². The lowest BCUT2D eigenvalue weighted by molar-refractivity contribution is -0.00836. The zero-order valence-corrected chi connectivity index (χ0v) is 19.7. The van der Waals surface area contributed by atoms with Crippen LogP contribution in [0.5, 0.6) is 0 Å². The number of rotatable bonds is 6. The molecule has 0 atom stereocenters. The monoisotopic (exact) mass is 451 g/mol. The van der Waals surface area contributed by atoms with E-state index in [9.17, 15) is 14.7 Å². The van der Waals surface area contributed by atoms with Crippen molar-refractivity contribution < 1.29 is 19.8 Å². The SMILES string of the molecule is CC(C)(O)CN1CC/C(=C/c2ccc(C(=O)Nc3ccccc3NC(=O)O)cc2)CC1(C)C. The van der Waals surface area contributed by atoms with Crippen molar-refractivity contribution in [3.05, 3.63) is 65.2 Å². The number of β-amino-alcohol motifs (C(OH)–C–C–N with tert-alkyl or cyclic N) is 1. The maximum Gasteiger partial charge on any atom is 0.409 e. The van der Waals surface area contributed by atoms with Crippen molar-refractivity contribution in [3.8, 4) is 0 Å². The Kier molecular flexibility index (Phi) is 7.25. The summed E-state index contributed by atoms with van der Waals surface area (Å²) in [6.07, 6.45) is 2.84. The summed E-state index contributed by atoms with van der Waals surface area (Å²) in [7, 11) is 0. The van der Waals surface area contributed by atoms with Crippen LogP contribution in [0.15, 0.2) is 54.1 Å². The molecule has 0 aliphatic carbocycles. The van der Waals surface area contributed by atoms with E-state index in [0.717, 1.165) is 24.9 Å². The van der Waals surface area contributed by atoms with Crippen LogP contribution in [0.4, 0.5) is 16.2 Å². The summed E-state index contributed by atoms with van der Waals surface area (Å²) in [6, 6.07) is 14.0. The quantitative estimate of drug-likeness (QED) is 0.492. The van der Waals surface area contributed by atoms with Crippen LogP contribution in [0.1, 0.15) is 56.5 Å². The zero-order chi connectivity index (χ0) is 24.2. The van der Waals surface area contributed by atoms with E-state index < -0.39 is 11.7 Å². The minimum Gasteiger partial charge on any atom is -0.465 e. The molecular weight excluding hydrogens is 418 g/mol. The highest BCUT2D eigenvalue weighted by atomic mass is 16.4. The molecule has 2 amide bonds. The Morgan fingerprint density at radius 2 is 1.67 bits per heavy atom. The smallest absolute Gasteiger partial charge is 0.409 e. The van der Waals surface area contributed by atoms with Crippen molar-refractivity contribution in [1.82, 2.24) is 4.90 Å². The fourth-order valence-corrected chi connectivity index (χ4v) is 4.20. The zero-order valence-electron chi connectivity index (χ0n) is 19.7. The molecule has 3 rings (SSSR count). The highest BCUT2D eigenvalue weighted by Gasteiger charge is 2.34. The molecule has 7 nitrogen and oxygen atoms in total. The summed E-state index contributed by atoms with van der Waals surface area (Å²) in [5.41, 5.74) is 2.82. The van der Waals surface area contributed by atoms with Gasteiger partial charge in [0.15, 0.2) is 0 Å². The lowest BCUT2D eigenvalue weighted by Crippen LogP contribution is -2.53. The molecule has 176 valence electrons. The van der Waals surface area contributed by atoms with E-state index in [1.807, 2.05) is 26.0 Å². The van der Waals surface area contributed by atoms with E-state index in [1.54, 1.807) is 36.4 Å². The van der Waals surface area contributed by atoms with E-state index in [0.29, 0.717) is 23.5 Å². The average molecular weight is 452 g/mol. The van der Waals surface area contributed by atoms with Gasteiger partial charge in [0.2, 0.25) is 0 Å². The number of nitrogens with one attached hydrogen (secondary N) is 2. The van der Waals surface area contributed by atoms with Crippen molar-refractivity contribution in [3.63, 3.8) is 0 Å². The summed E-state index contributed by atoms with van der Waals surface area (Å²) in [5.74, 6) is -0.310. The molecule has 33 heavy (non-hydrogen) atoms. The number of nitrogens with zero attached hydrogens (tertiary/aromatic N) is 1. The number of carbonyl (C=O) groups is 2. The van der Waals surface area contributed by atoms with Gasteiger partial charge in [-0.15, -0.1) is 0 Å². The fourth-order valence-electron chi connectivity index (χ4n) is 4.20. The van der Waals surface area contributed by atoms with Crippen LogP contribution < -0.4 is 10.6 Å². The molecule has 1 aliphatic rings. The fraction of sp³-hybridized carbons (Fsp3) is 0.385. The van der Waals surface area contributed by atoms with Crippen LogP contribution >= 0.6 is 0 Å². The van der Waals surface area contributed by atoms with Gasteiger partial charge in [-0.05, 0) is 70.4 Å². The molecule has 1 heterocycles. The molecule has 7 heteroatoms. The maximum atomic E-state index is 12.7. The van der Waals surface area contributed by atoms with Crippen molar-refractivity contribution in [1.29, 1.82) is 0 Å². The minimum atomic E-state index is -1.19. The Bertz CT molecular complexity index is 1040. The Morgan fingerprint density at radius 1 is 1.06 bits per heavy atom. The van der Waals surface area contributed by atoms with E-state index >= 15 is 0 Å². The molecule has 0 aromatic heterocycles. The Morgan fingerprint density at radius 3 is 2.21 bits per heavy atom. The highest BCUT2D eigenvalue weighted by Crippen LogP contribution is 2.33. The lowest BCUT2D eigenvalue weighted by Gasteiger charge is -2.45. The Labute approximate surface area is 195 Å². The summed E-state index contributed by atoms with van der Waals surface area (Å²) in [6.45, 7) is 9.63. The van der Waals surface area contributed by atoms with Crippen LogP contribution in [0.25, 0.3) is 6.08 Å². The summed E-state index contributed by atoms with van der Waals surface area (Å²) >= 11 is 0. The molecule has 0 spiro atoms. The molecule has 0 bridgehead atoms. The normalized spacial score (nSPS) is 17.5. The number of anilines is 2. The van der Waals surface area contributed by atoms with Crippen molar-refractivity contribution in [2.45, 2.75) is 51.7 Å². The van der Waals surface area contributed by atoms with E-state index in [4.69, 9.17) is 5.11 Å². The molecule has 4 N–H and O–H groups in total. The van der Waals surface area contributed by atoms with E-state index in [1.165, 1.54) is 5.57 Å². The number of carboxylic acid groups (broad SMARTS) is 1. The van der Waals surface area contributed by atoms with Gasteiger partial charge >= 0.3 is 6.09 Å². The average Bonchev–Trinajstić information content (AvgIpc) is 2.70. The van der Waals surface area contributed by atoms with Gasteiger partial charge < -0.3 is 15.5 Å². The van der Waals surface area contributed by atoms with Gasteiger partial charge in [0.05, 0.1) is 17.0 Å². The van der Waals surface area contributed by atoms with Gasteiger partial charge in [0.1, 0.15) is 0 Å². The Hall–Kier alpha value is -3.16. The third-order valence-electron chi connectivity index (χ3n) is 5.76. The second-order valence-electron chi connectivity index (χ2n) is 9.83. The first kappa shape index (κ1) is 24.5. The van der Waals surface area contributed by atoms with Crippen LogP contribution in [0.3, 0.4) is 0 Å². The highest BCUT2D eigenvalue weighted by molar-refractivity contribution is 6.06. The van der Waals surface area contributed by atoms with E-state index in [-0.39, 0.29) is 11.4 Å². The molecule has 1 aliphatic heterocycles. The third kappa shape index (κ3) is 6.91. The van der Waals surface area contributed by atoms with Gasteiger partial charge in [-0.1, -0.05) is 35.9 Å². The first-order valence-corrected chi connectivity index (χ1v) is 11.1. The topological polar surface area (TPSA) is 102 Å². The van der Waals surface area contributed by atoms with Gasteiger partial charge in [0.25, 0.3) is 5.91 Å². The van der Waals surface area contributed by atoms with E-state index in [2.05, 4.69) is 35.5 Å². The number of hydrogen-bond acceptors (Lipinski definition) is 4. The number of benzene rings is 2. The molecule has 0 radical (unpaired) electrons. The molecule has 2 aromatic carbocycles. The summed E-state index contributed by atoms with van der Waals surface area (Å²) < 4.78 is 0. The first-order chi connectivity index (χ1) is 15.4. The van der Waals surface area contributed by atoms with Crippen LogP contribution in [0, 0.1) is 0 Å². The molecule has 0 saturated carbocycles. The van der Waals surface area contributed by atoms with Crippen molar-refractivity contribution in [2.75, 3.05) is 23.7 Å². The standard InChI is InChI=1S/C26H33N3O4/c1-25(2)16-19(13-14-29(25)17-26(3,4)33)15-18-9-11-20(12-10-18)23(30)27-21-7-5-6-8-22(21)28-24(31)32/h5-12,15,28,33H,13-14,16-17H2,1-4H3,(H,27,30)(H,31,32)/b19-15-. The maximum absolute atomic E-state index is 12.7. The molecule has 2 aromatic rings. The molecular formula is C26H33N3O4. The van der Waals surface area contributed by atoms with Gasteiger partial charge in [-0.25, -0.2) is 4.79 Å². The molecule has 0 unspecified atom stereocenters. The van der Waals surface area contributed by atoms with Crippen LogP contribution in [-0.4, -0.2) is 51.3 Å². The molecule has 1 fully saturated rings. The summed E-state index contributed by atoms with van der Waals surface area (Å²) in [4.78, 5) is 26.0. The second kappa shape index (κ2) is 9.77. The van der Waals surface area contributed by atoms with Gasteiger partial charge in [0, 0.05) is 24.2 Å². The minimum absolute atomic E-state index is 0.0404. The predicted molar refractivity (Wildman–Crippen MR) is 132 cm³/mol. The van der Waals surface area contributed by atoms with Crippen molar-refractivity contribution >= 4 is 29.5 Å². The van der Waals surface area contributed by atoms with Crippen LogP contribution in [-0.2, 0) is 0 Å². The predicted octanol–water partition coefficient (Wildman–Crippen LogP) is 5.06. The second-order valence-corrected chi connectivity index (χ2v) is 9.83. The first-order valence-electron chi connectivity index (χ1n) is 11.1. The molecule has 1 saturated heterocycles. The Balaban J connectivity index is 1.67. The number of hydrogen-bond donors (Lipinski definition) is 4. The number of piperidine rings is 1. The lowest BCUT2D eigenvalue weighted by atomic mass is 9.85. The number of aliphatic hydroxyl groups is 1.